The number of halogens is 1. The molecule has 0 atom stereocenters. The number of aromatic nitrogens is 1. The number of nitrogens with zero attached hydrogens (tertiary/aromatic N) is 2. The monoisotopic (exact) mass is 406 g/mol. The van der Waals surface area contributed by atoms with Crippen LogP contribution in [0.15, 0.2) is 53.7 Å². The van der Waals surface area contributed by atoms with Crippen LogP contribution in [0.3, 0.4) is 0 Å². The first-order valence-electron chi connectivity index (χ1n) is 8.99. The molecule has 2 aromatic rings. The lowest BCUT2D eigenvalue weighted by molar-refractivity contribution is 0.108. The lowest BCUT2D eigenvalue weighted by Gasteiger charge is -2.33. The van der Waals surface area contributed by atoms with Gasteiger partial charge in [0.05, 0.1) is 4.90 Å². The zero-order chi connectivity index (χ0) is 20.2. The van der Waals surface area contributed by atoms with Crippen molar-refractivity contribution in [3.63, 3.8) is 0 Å². The highest BCUT2D eigenvalue weighted by molar-refractivity contribution is 7.89. The lowest BCUT2D eigenvalue weighted by atomic mass is 9.97. The van der Waals surface area contributed by atoms with Crippen LogP contribution < -0.4 is 10.6 Å². The SMILES string of the molecule is CC1(F)CCN(S(=O)(=O)c2ccc(NC(=O)NCc3cccnc3)cc2)CC1. The first-order valence-corrected chi connectivity index (χ1v) is 10.4. The van der Waals surface area contributed by atoms with Gasteiger partial charge in [-0.1, -0.05) is 6.07 Å². The highest BCUT2D eigenvalue weighted by Gasteiger charge is 2.35. The summed E-state index contributed by atoms with van der Waals surface area (Å²) in [6.07, 6.45) is 3.68. The quantitative estimate of drug-likeness (QED) is 0.799. The number of hydrogen-bond acceptors (Lipinski definition) is 4. The Balaban J connectivity index is 1.57. The van der Waals surface area contributed by atoms with Crippen molar-refractivity contribution in [3.05, 3.63) is 54.4 Å². The van der Waals surface area contributed by atoms with Gasteiger partial charge in [-0.2, -0.15) is 4.31 Å². The number of amides is 2. The van der Waals surface area contributed by atoms with Crippen LogP contribution in [0.4, 0.5) is 14.9 Å². The first kappa shape index (κ1) is 20.2. The lowest BCUT2D eigenvalue weighted by Crippen LogP contribution is -2.43. The molecule has 28 heavy (non-hydrogen) atoms. The Morgan fingerprint density at radius 2 is 1.89 bits per heavy atom. The van der Waals surface area contributed by atoms with Crippen LogP contribution in [-0.4, -0.2) is 42.5 Å². The number of hydrogen-bond donors (Lipinski definition) is 2. The van der Waals surface area contributed by atoms with Gasteiger partial charge in [0.25, 0.3) is 0 Å². The summed E-state index contributed by atoms with van der Waals surface area (Å²) in [6.45, 7) is 2.14. The van der Waals surface area contributed by atoms with Crippen LogP contribution in [0.2, 0.25) is 0 Å². The van der Waals surface area contributed by atoms with E-state index in [0.29, 0.717) is 12.2 Å². The molecule has 0 saturated carbocycles. The van der Waals surface area contributed by atoms with Gasteiger partial charge in [-0.3, -0.25) is 4.98 Å². The number of carbonyl (C=O) groups excluding carboxylic acids is 1. The Kier molecular flexibility index (Phi) is 5.95. The summed E-state index contributed by atoms with van der Waals surface area (Å²) in [5, 5.41) is 5.35. The molecule has 0 spiro atoms. The first-order chi connectivity index (χ1) is 13.3. The molecule has 0 aliphatic carbocycles. The Morgan fingerprint density at radius 1 is 1.21 bits per heavy atom. The van der Waals surface area contributed by atoms with Crippen LogP contribution in [0.5, 0.6) is 0 Å². The zero-order valence-corrected chi connectivity index (χ0v) is 16.4. The van der Waals surface area contributed by atoms with Gasteiger partial charge in [0.2, 0.25) is 10.0 Å². The molecule has 150 valence electrons. The van der Waals surface area contributed by atoms with E-state index in [2.05, 4.69) is 15.6 Å². The molecule has 7 nitrogen and oxygen atoms in total. The highest BCUT2D eigenvalue weighted by atomic mass is 32.2. The molecule has 0 bridgehead atoms. The third kappa shape index (κ3) is 5.05. The van der Waals surface area contributed by atoms with E-state index in [-0.39, 0.29) is 30.8 Å². The molecule has 1 saturated heterocycles. The molecule has 2 amide bonds. The molecule has 1 fully saturated rings. The zero-order valence-electron chi connectivity index (χ0n) is 15.6. The molecule has 1 aromatic heterocycles. The van der Waals surface area contributed by atoms with Gasteiger partial charge in [-0.05, 0) is 55.7 Å². The van der Waals surface area contributed by atoms with Gasteiger partial charge in [-0.15, -0.1) is 0 Å². The number of piperidine rings is 1. The molecule has 9 heteroatoms. The van der Waals surface area contributed by atoms with E-state index in [1.54, 1.807) is 18.5 Å². The number of anilines is 1. The molecule has 0 unspecified atom stereocenters. The minimum Gasteiger partial charge on any atom is -0.334 e. The summed E-state index contributed by atoms with van der Waals surface area (Å²) in [5.41, 5.74) is 0.0193. The third-order valence-corrected chi connectivity index (χ3v) is 6.60. The molecule has 2 heterocycles. The summed E-state index contributed by atoms with van der Waals surface area (Å²) in [7, 11) is -3.67. The van der Waals surface area contributed by atoms with E-state index in [1.165, 1.54) is 35.5 Å². The predicted octanol–water partition coefficient (Wildman–Crippen LogP) is 2.92. The maximum absolute atomic E-state index is 13.9. The second-order valence-corrected chi connectivity index (χ2v) is 8.95. The number of urea groups is 1. The van der Waals surface area contributed by atoms with E-state index in [9.17, 15) is 17.6 Å². The Labute approximate surface area is 164 Å². The normalized spacial score (nSPS) is 17.1. The van der Waals surface area contributed by atoms with Gasteiger partial charge in [0.15, 0.2) is 0 Å². The summed E-state index contributed by atoms with van der Waals surface area (Å²) < 4.78 is 40.6. The number of nitrogens with one attached hydrogen (secondary N) is 2. The maximum atomic E-state index is 13.9. The summed E-state index contributed by atoms with van der Waals surface area (Å²) in [6, 6.07) is 9.16. The number of rotatable bonds is 5. The van der Waals surface area contributed by atoms with Gasteiger partial charge < -0.3 is 10.6 Å². The highest BCUT2D eigenvalue weighted by Crippen LogP contribution is 2.29. The van der Waals surface area contributed by atoms with E-state index in [0.717, 1.165) is 5.56 Å². The summed E-state index contributed by atoms with van der Waals surface area (Å²) >= 11 is 0. The summed E-state index contributed by atoms with van der Waals surface area (Å²) in [4.78, 5) is 16.1. The van der Waals surface area contributed by atoms with Crippen LogP contribution in [0.1, 0.15) is 25.3 Å². The topological polar surface area (TPSA) is 91.4 Å². The number of benzene rings is 1. The van der Waals surface area contributed by atoms with Gasteiger partial charge >= 0.3 is 6.03 Å². The fourth-order valence-electron chi connectivity index (χ4n) is 2.91. The second-order valence-electron chi connectivity index (χ2n) is 7.01. The fraction of sp³-hybridized carbons (Fsp3) is 0.368. The van der Waals surface area contributed by atoms with Crippen molar-refractivity contribution in [3.8, 4) is 0 Å². The third-order valence-electron chi connectivity index (χ3n) is 4.69. The van der Waals surface area contributed by atoms with Crippen molar-refractivity contribution in [1.29, 1.82) is 0 Å². The smallest absolute Gasteiger partial charge is 0.319 e. The van der Waals surface area contributed by atoms with Crippen LogP contribution >= 0.6 is 0 Å². The molecule has 0 radical (unpaired) electrons. The molecule has 2 N–H and O–H groups in total. The van der Waals surface area contributed by atoms with Crippen LogP contribution in [-0.2, 0) is 16.6 Å². The largest absolute Gasteiger partial charge is 0.334 e. The average Bonchev–Trinajstić information content (AvgIpc) is 2.67. The maximum Gasteiger partial charge on any atom is 0.319 e. The van der Waals surface area contributed by atoms with E-state index >= 15 is 0 Å². The van der Waals surface area contributed by atoms with Gasteiger partial charge in [0, 0.05) is 37.7 Å². The van der Waals surface area contributed by atoms with E-state index in [1.807, 2.05) is 6.07 Å². The summed E-state index contributed by atoms with van der Waals surface area (Å²) in [5.74, 6) is 0. The Hall–Kier alpha value is -2.52. The molecular weight excluding hydrogens is 383 g/mol. The molecule has 1 aromatic carbocycles. The Morgan fingerprint density at radius 3 is 2.50 bits per heavy atom. The minimum atomic E-state index is -3.67. The van der Waals surface area contributed by atoms with Crippen LogP contribution in [0.25, 0.3) is 0 Å². The van der Waals surface area contributed by atoms with Crippen molar-refractivity contribution < 1.29 is 17.6 Å². The molecule has 1 aliphatic rings. The number of carbonyl (C=O) groups is 1. The van der Waals surface area contributed by atoms with Crippen molar-refractivity contribution in [2.75, 3.05) is 18.4 Å². The fourth-order valence-corrected chi connectivity index (χ4v) is 4.35. The molecule has 3 rings (SSSR count). The van der Waals surface area contributed by atoms with E-state index < -0.39 is 21.7 Å². The van der Waals surface area contributed by atoms with Crippen molar-refractivity contribution in [2.45, 2.75) is 36.9 Å². The average molecular weight is 406 g/mol. The van der Waals surface area contributed by atoms with Gasteiger partial charge in [-0.25, -0.2) is 17.6 Å². The van der Waals surface area contributed by atoms with Crippen LogP contribution in [0, 0.1) is 0 Å². The minimum absolute atomic E-state index is 0.122. The second kappa shape index (κ2) is 8.24. The number of pyridine rings is 1. The van der Waals surface area contributed by atoms with Crippen molar-refractivity contribution >= 4 is 21.7 Å². The molecular formula is C19H23FN4O3S. The van der Waals surface area contributed by atoms with Crippen molar-refractivity contribution in [1.82, 2.24) is 14.6 Å². The number of alkyl halides is 1. The molecule has 1 aliphatic heterocycles. The Bertz CT molecular complexity index is 908. The number of sulfonamides is 1. The standard InChI is InChI=1S/C19H23FN4O3S/c1-19(20)8-11-24(12-9-19)28(26,27)17-6-4-16(5-7-17)23-18(25)22-14-15-3-2-10-21-13-15/h2-7,10,13H,8-9,11-12,14H2,1H3,(H2,22,23,25). The van der Waals surface area contributed by atoms with Crippen molar-refractivity contribution in [2.24, 2.45) is 0 Å². The predicted molar refractivity (Wildman–Crippen MR) is 104 cm³/mol. The van der Waals surface area contributed by atoms with E-state index in [4.69, 9.17) is 0 Å². The van der Waals surface area contributed by atoms with Gasteiger partial charge in [0.1, 0.15) is 5.67 Å².